The lowest BCUT2D eigenvalue weighted by atomic mass is 10.00. The molecule has 1 heterocycles. The molecule has 1 aliphatic heterocycles. The average Bonchev–Trinajstić information content (AvgIpc) is 3.15. The summed E-state index contributed by atoms with van der Waals surface area (Å²) in [6.45, 7) is 1.34. The third-order valence-corrected chi connectivity index (χ3v) is 4.74. The lowest BCUT2D eigenvalue weighted by Gasteiger charge is -2.14. The first kappa shape index (κ1) is 20.1. The molecule has 0 aromatic heterocycles. The van der Waals surface area contributed by atoms with Crippen LogP contribution in [0.2, 0.25) is 0 Å². The molecular weight excluding hydrogens is 360 g/mol. The maximum atomic E-state index is 14.0. The molecule has 0 bridgehead atoms. The van der Waals surface area contributed by atoms with Gasteiger partial charge in [0.15, 0.2) is 0 Å². The zero-order chi connectivity index (χ0) is 20.1. The first-order valence-electron chi connectivity index (χ1n) is 9.40. The smallest absolute Gasteiger partial charge is 0.247 e. The normalized spacial score (nSPS) is 13.9. The molecule has 0 fully saturated rings. The maximum absolute atomic E-state index is 14.0. The van der Waals surface area contributed by atoms with E-state index >= 15 is 0 Å². The molecule has 0 N–H and O–H groups in total. The molecule has 2 aromatic rings. The zero-order valence-corrected chi connectivity index (χ0v) is 16.2. The SMILES string of the molecule is CN(C)CCCc1[c]cccc1CC(=O)N1CCC(c2cc(F)ccc2F)=N1. The fourth-order valence-corrected chi connectivity index (χ4v) is 3.28. The summed E-state index contributed by atoms with van der Waals surface area (Å²) in [5.74, 6) is -1.21. The summed E-state index contributed by atoms with van der Waals surface area (Å²) in [6, 6.07) is 12.2. The third-order valence-electron chi connectivity index (χ3n) is 4.74. The average molecular weight is 384 g/mol. The van der Waals surface area contributed by atoms with Gasteiger partial charge in [-0.05, 0) is 68.9 Å². The van der Waals surface area contributed by atoms with Gasteiger partial charge in [-0.25, -0.2) is 13.8 Å². The van der Waals surface area contributed by atoms with E-state index in [1.165, 1.54) is 5.01 Å². The monoisotopic (exact) mass is 384 g/mol. The molecular formula is C22H24F2N3O. The number of hydrazone groups is 1. The van der Waals surface area contributed by atoms with Gasteiger partial charge >= 0.3 is 0 Å². The molecule has 3 rings (SSSR count). The second-order valence-corrected chi connectivity index (χ2v) is 7.20. The number of halogens is 2. The molecule has 2 aromatic carbocycles. The number of aryl methyl sites for hydroxylation is 1. The van der Waals surface area contributed by atoms with Gasteiger partial charge in [-0.1, -0.05) is 18.2 Å². The molecule has 1 radical (unpaired) electrons. The van der Waals surface area contributed by atoms with Crippen LogP contribution in [0, 0.1) is 17.7 Å². The van der Waals surface area contributed by atoms with Crippen molar-refractivity contribution >= 4 is 11.6 Å². The van der Waals surface area contributed by atoms with Crippen molar-refractivity contribution in [1.29, 1.82) is 0 Å². The number of carbonyl (C=O) groups is 1. The van der Waals surface area contributed by atoms with Gasteiger partial charge in [0, 0.05) is 12.0 Å². The predicted octanol–water partition coefficient (Wildman–Crippen LogP) is 3.44. The minimum atomic E-state index is -0.532. The van der Waals surface area contributed by atoms with Gasteiger partial charge in [0.05, 0.1) is 18.7 Å². The highest BCUT2D eigenvalue weighted by molar-refractivity contribution is 6.03. The van der Waals surface area contributed by atoms with Crippen LogP contribution < -0.4 is 0 Å². The van der Waals surface area contributed by atoms with Gasteiger partial charge in [0.1, 0.15) is 11.6 Å². The van der Waals surface area contributed by atoms with E-state index in [0.717, 1.165) is 48.7 Å². The molecule has 0 saturated heterocycles. The Morgan fingerprint density at radius 1 is 1.29 bits per heavy atom. The lowest BCUT2D eigenvalue weighted by molar-refractivity contribution is -0.130. The first-order valence-corrected chi connectivity index (χ1v) is 9.40. The van der Waals surface area contributed by atoms with Crippen molar-refractivity contribution in [2.45, 2.75) is 25.7 Å². The van der Waals surface area contributed by atoms with Crippen LogP contribution in [0.5, 0.6) is 0 Å². The van der Waals surface area contributed by atoms with Gasteiger partial charge in [-0.15, -0.1) is 0 Å². The topological polar surface area (TPSA) is 35.9 Å². The van der Waals surface area contributed by atoms with E-state index in [9.17, 15) is 13.6 Å². The summed E-state index contributed by atoms with van der Waals surface area (Å²) in [7, 11) is 4.06. The van der Waals surface area contributed by atoms with Gasteiger partial charge in [0.25, 0.3) is 0 Å². The number of nitrogens with zero attached hydrogens (tertiary/aromatic N) is 3. The van der Waals surface area contributed by atoms with Crippen molar-refractivity contribution in [2.75, 3.05) is 27.2 Å². The minimum Gasteiger partial charge on any atom is -0.309 e. The van der Waals surface area contributed by atoms with E-state index in [-0.39, 0.29) is 17.9 Å². The summed E-state index contributed by atoms with van der Waals surface area (Å²) < 4.78 is 27.4. The number of hydrogen-bond acceptors (Lipinski definition) is 3. The predicted molar refractivity (Wildman–Crippen MR) is 105 cm³/mol. The highest BCUT2D eigenvalue weighted by Gasteiger charge is 2.24. The summed E-state index contributed by atoms with van der Waals surface area (Å²) >= 11 is 0. The minimum absolute atomic E-state index is 0.118. The van der Waals surface area contributed by atoms with E-state index < -0.39 is 11.6 Å². The standard InChI is InChI=1S/C22H24F2N3O/c1-26(2)12-5-8-16-6-3-4-7-17(16)14-22(28)27-13-11-21(25-27)19-15-18(23)9-10-20(19)24/h3-4,7,9-10,15H,5,8,11-14H2,1-2H3. The Morgan fingerprint density at radius 2 is 2.11 bits per heavy atom. The van der Waals surface area contributed by atoms with Crippen LogP contribution in [-0.4, -0.2) is 48.7 Å². The second-order valence-electron chi connectivity index (χ2n) is 7.20. The van der Waals surface area contributed by atoms with Crippen LogP contribution in [-0.2, 0) is 17.6 Å². The lowest BCUT2D eigenvalue weighted by Crippen LogP contribution is -2.25. The van der Waals surface area contributed by atoms with E-state index in [1.54, 1.807) is 0 Å². The molecule has 4 nitrogen and oxygen atoms in total. The van der Waals surface area contributed by atoms with Crippen molar-refractivity contribution in [3.8, 4) is 0 Å². The summed E-state index contributed by atoms with van der Waals surface area (Å²) in [4.78, 5) is 14.8. The van der Waals surface area contributed by atoms with Crippen LogP contribution in [0.1, 0.15) is 29.5 Å². The molecule has 0 spiro atoms. The van der Waals surface area contributed by atoms with Gasteiger partial charge in [-0.3, -0.25) is 4.79 Å². The Morgan fingerprint density at radius 3 is 2.89 bits per heavy atom. The quantitative estimate of drug-likeness (QED) is 0.733. The molecule has 1 aliphatic rings. The molecule has 0 atom stereocenters. The fourth-order valence-electron chi connectivity index (χ4n) is 3.28. The number of amides is 1. The van der Waals surface area contributed by atoms with Gasteiger partial charge in [0.2, 0.25) is 5.91 Å². The van der Waals surface area contributed by atoms with E-state index in [4.69, 9.17) is 0 Å². The van der Waals surface area contributed by atoms with E-state index in [1.807, 2.05) is 32.3 Å². The number of hydrogen-bond donors (Lipinski definition) is 0. The molecule has 0 aliphatic carbocycles. The Bertz CT molecular complexity index is 880. The van der Waals surface area contributed by atoms with E-state index in [0.29, 0.717) is 18.7 Å². The van der Waals surface area contributed by atoms with Crippen LogP contribution in [0.3, 0.4) is 0 Å². The molecule has 147 valence electrons. The first-order chi connectivity index (χ1) is 13.4. The fraction of sp³-hybridized carbons (Fsp3) is 0.364. The Kier molecular flexibility index (Phi) is 6.52. The number of carbonyl (C=O) groups excluding carboxylic acids is 1. The van der Waals surface area contributed by atoms with Crippen molar-refractivity contribution in [1.82, 2.24) is 9.91 Å². The number of benzene rings is 2. The van der Waals surface area contributed by atoms with Crippen molar-refractivity contribution < 1.29 is 13.6 Å². The highest BCUT2D eigenvalue weighted by atomic mass is 19.1. The Labute approximate surface area is 164 Å². The third kappa shape index (κ3) is 5.01. The molecule has 1 amide bonds. The molecule has 6 heteroatoms. The second kappa shape index (κ2) is 9.06. The summed E-state index contributed by atoms with van der Waals surface area (Å²) in [5.41, 5.74) is 2.49. The molecule has 0 unspecified atom stereocenters. The zero-order valence-electron chi connectivity index (χ0n) is 16.2. The number of rotatable bonds is 7. The molecule has 0 saturated carbocycles. The van der Waals surface area contributed by atoms with Crippen molar-refractivity contribution in [3.63, 3.8) is 0 Å². The van der Waals surface area contributed by atoms with Crippen LogP contribution in [0.4, 0.5) is 8.78 Å². The Hall–Kier alpha value is -2.60. The van der Waals surface area contributed by atoms with Crippen LogP contribution in [0.25, 0.3) is 0 Å². The van der Waals surface area contributed by atoms with Gasteiger partial charge < -0.3 is 4.90 Å². The highest BCUT2D eigenvalue weighted by Crippen LogP contribution is 2.20. The Balaban J connectivity index is 1.69. The summed E-state index contributed by atoms with van der Waals surface area (Å²) in [5, 5.41) is 5.61. The van der Waals surface area contributed by atoms with Crippen molar-refractivity contribution in [2.24, 2.45) is 5.10 Å². The maximum Gasteiger partial charge on any atom is 0.247 e. The van der Waals surface area contributed by atoms with Crippen LogP contribution >= 0.6 is 0 Å². The largest absolute Gasteiger partial charge is 0.309 e. The summed E-state index contributed by atoms with van der Waals surface area (Å²) in [6.07, 6.45) is 2.46. The van der Waals surface area contributed by atoms with E-state index in [2.05, 4.69) is 16.1 Å². The van der Waals surface area contributed by atoms with Crippen LogP contribution in [0.15, 0.2) is 41.5 Å². The van der Waals surface area contributed by atoms with Crippen molar-refractivity contribution in [3.05, 3.63) is 70.8 Å². The van der Waals surface area contributed by atoms with Gasteiger partial charge in [-0.2, -0.15) is 5.10 Å². The molecule has 28 heavy (non-hydrogen) atoms.